The van der Waals surface area contributed by atoms with Crippen LogP contribution in [0.15, 0.2) is 0 Å². The van der Waals surface area contributed by atoms with Gasteiger partial charge >= 0.3 is 0 Å². The fourth-order valence-corrected chi connectivity index (χ4v) is 1.02. The molecule has 4 nitrogen and oxygen atoms in total. The average molecular weight is 186 g/mol. The molecule has 0 heterocycles. The van der Waals surface area contributed by atoms with Crippen LogP contribution in [0.2, 0.25) is 0 Å². The van der Waals surface area contributed by atoms with E-state index in [1.54, 1.807) is 6.92 Å². The minimum Gasteiger partial charge on any atom is -0.345 e. The average Bonchev–Trinajstić information content (AvgIpc) is 1.97. The first-order chi connectivity index (χ1) is 5.86. The molecule has 0 aromatic carbocycles. The van der Waals surface area contributed by atoms with E-state index in [2.05, 4.69) is 5.32 Å². The van der Waals surface area contributed by atoms with Crippen LogP contribution < -0.4 is 11.1 Å². The first kappa shape index (κ1) is 12.1. The maximum Gasteiger partial charge on any atom is 0.237 e. The van der Waals surface area contributed by atoms with E-state index in [4.69, 9.17) is 5.73 Å². The number of amides is 1. The second-order valence-electron chi connectivity index (χ2n) is 3.63. The minimum absolute atomic E-state index is 0.0380. The predicted octanol–water partition coefficient (Wildman–Crippen LogP) is 0.0634. The lowest BCUT2D eigenvalue weighted by molar-refractivity contribution is -0.128. The molecule has 0 saturated heterocycles. The van der Waals surface area contributed by atoms with Crippen LogP contribution in [0.1, 0.15) is 27.7 Å². The van der Waals surface area contributed by atoms with Crippen LogP contribution in [-0.4, -0.2) is 23.8 Å². The Morgan fingerprint density at radius 3 is 1.92 bits per heavy atom. The van der Waals surface area contributed by atoms with Crippen LogP contribution in [0.5, 0.6) is 0 Å². The molecule has 3 N–H and O–H groups in total. The normalized spacial score (nSPS) is 15.2. The van der Waals surface area contributed by atoms with Gasteiger partial charge in [-0.15, -0.1) is 0 Å². The predicted molar refractivity (Wildman–Crippen MR) is 51.1 cm³/mol. The number of ketones is 1. The lowest BCUT2D eigenvalue weighted by Crippen LogP contribution is -2.48. The fraction of sp³-hybridized carbons (Fsp3) is 0.778. The van der Waals surface area contributed by atoms with Crippen molar-refractivity contribution in [2.45, 2.75) is 39.8 Å². The Hall–Kier alpha value is -0.900. The van der Waals surface area contributed by atoms with Crippen molar-refractivity contribution in [3.05, 3.63) is 0 Å². The van der Waals surface area contributed by atoms with Crippen molar-refractivity contribution in [2.24, 2.45) is 11.7 Å². The number of carbonyl (C=O) groups is 2. The van der Waals surface area contributed by atoms with Crippen molar-refractivity contribution < 1.29 is 9.59 Å². The van der Waals surface area contributed by atoms with Crippen LogP contribution in [0.3, 0.4) is 0 Å². The minimum atomic E-state index is -0.569. The Balaban J connectivity index is 4.27. The number of Topliss-reactive ketones (excluding diaryl/α,β-unsaturated/α-hetero) is 1. The molecule has 4 heteroatoms. The Labute approximate surface area is 78.9 Å². The molecule has 0 aliphatic carbocycles. The van der Waals surface area contributed by atoms with Crippen LogP contribution in [-0.2, 0) is 9.59 Å². The molecule has 0 aliphatic rings. The van der Waals surface area contributed by atoms with Gasteiger partial charge in [0.15, 0.2) is 5.78 Å². The SMILES string of the molecule is CC(=O)C(NC(=O)C(C)N)C(C)C. The Morgan fingerprint density at radius 2 is 1.69 bits per heavy atom. The second kappa shape index (κ2) is 4.97. The molecular formula is C9H18N2O2. The van der Waals surface area contributed by atoms with Gasteiger partial charge in [-0.1, -0.05) is 13.8 Å². The highest BCUT2D eigenvalue weighted by atomic mass is 16.2. The molecule has 0 saturated carbocycles. The van der Waals surface area contributed by atoms with Gasteiger partial charge in [-0.05, 0) is 19.8 Å². The summed E-state index contributed by atoms with van der Waals surface area (Å²) in [7, 11) is 0. The molecule has 0 spiro atoms. The number of hydrogen-bond acceptors (Lipinski definition) is 3. The lowest BCUT2D eigenvalue weighted by Gasteiger charge is -2.20. The van der Waals surface area contributed by atoms with Crippen LogP contribution in [0.4, 0.5) is 0 Å². The van der Waals surface area contributed by atoms with Gasteiger partial charge in [0.05, 0.1) is 12.1 Å². The third kappa shape index (κ3) is 4.03. The molecule has 0 rings (SSSR count). The van der Waals surface area contributed by atoms with E-state index in [0.29, 0.717) is 0 Å². The first-order valence-electron chi connectivity index (χ1n) is 4.42. The summed E-state index contributed by atoms with van der Waals surface area (Å²) in [6, 6.07) is -0.987. The Morgan fingerprint density at radius 1 is 1.23 bits per heavy atom. The summed E-state index contributed by atoms with van der Waals surface area (Å²) in [5.41, 5.74) is 5.36. The number of carbonyl (C=O) groups excluding carboxylic acids is 2. The number of rotatable bonds is 4. The summed E-state index contributed by atoms with van der Waals surface area (Å²) < 4.78 is 0. The van der Waals surface area contributed by atoms with Gasteiger partial charge in [0, 0.05) is 0 Å². The summed E-state index contributed by atoms with van der Waals surface area (Å²) in [6.45, 7) is 6.82. The van der Waals surface area contributed by atoms with Crippen molar-refractivity contribution in [3.8, 4) is 0 Å². The topological polar surface area (TPSA) is 72.2 Å². The highest BCUT2D eigenvalue weighted by molar-refractivity contribution is 5.89. The summed E-state index contributed by atoms with van der Waals surface area (Å²) in [5.74, 6) is -0.224. The highest BCUT2D eigenvalue weighted by Crippen LogP contribution is 2.02. The molecule has 0 fully saturated rings. The first-order valence-corrected chi connectivity index (χ1v) is 4.42. The van der Waals surface area contributed by atoms with E-state index >= 15 is 0 Å². The fourth-order valence-electron chi connectivity index (χ4n) is 1.02. The van der Waals surface area contributed by atoms with E-state index in [1.165, 1.54) is 6.92 Å². The van der Waals surface area contributed by atoms with Gasteiger partial charge in [-0.3, -0.25) is 9.59 Å². The molecular weight excluding hydrogens is 168 g/mol. The van der Waals surface area contributed by atoms with Gasteiger partial charge in [-0.25, -0.2) is 0 Å². The van der Waals surface area contributed by atoms with Crippen LogP contribution >= 0.6 is 0 Å². The largest absolute Gasteiger partial charge is 0.345 e. The van der Waals surface area contributed by atoms with E-state index in [0.717, 1.165) is 0 Å². The van der Waals surface area contributed by atoms with Gasteiger partial charge in [-0.2, -0.15) is 0 Å². The van der Waals surface area contributed by atoms with Gasteiger partial charge in [0.25, 0.3) is 0 Å². The van der Waals surface area contributed by atoms with Crippen LogP contribution in [0.25, 0.3) is 0 Å². The van der Waals surface area contributed by atoms with Crippen molar-refractivity contribution in [3.63, 3.8) is 0 Å². The monoisotopic (exact) mass is 186 g/mol. The Kier molecular flexibility index (Phi) is 4.62. The molecule has 2 atom stereocenters. The maximum absolute atomic E-state index is 11.2. The molecule has 13 heavy (non-hydrogen) atoms. The van der Waals surface area contributed by atoms with E-state index in [1.807, 2.05) is 13.8 Å². The highest BCUT2D eigenvalue weighted by Gasteiger charge is 2.21. The quantitative estimate of drug-likeness (QED) is 0.652. The summed E-state index contributed by atoms with van der Waals surface area (Å²) >= 11 is 0. The summed E-state index contributed by atoms with van der Waals surface area (Å²) in [6.07, 6.45) is 0. The zero-order valence-corrected chi connectivity index (χ0v) is 8.63. The third-order valence-corrected chi connectivity index (χ3v) is 1.82. The van der Waals surface area contributed by atoms with Crippen molar-refractivity contribution in [2.75, 3.05) is 0 Å². The lowest BCUT2D eigenvalue weighted by atomic mass is 10.0. The van der Waals surface area contributed by atoms with Crippen molar-refractivity contribution in [1.82, 2.24) is 5.32 Å². The smallest absolute Gasteiger partial charge is 0.237 e. The van der Waals surface area contributed by atoms with Crippen molar-refractivity contribution >= 4 is 11.7 Å². The van der Waals surface area contributed by atoms with Gasteiger partial charge in [0.1, 0.15) is 0 Å². The number of nitrogens with two attached hydrogens (primary N) is 1. The molecule has 1 amide bonds. The molecule has 0 aromatic rings. The molecule has 0 radical (unpaired) electrons. The number of nitrogens with one attached hydrogen (secondary N) is 1. The summed E-state index contributed by atoms with van der Waals surface area (Å²) in [5, 5.41) is 2.60. The maximum atomic E-state index is 11.2. The molecule has 0 aromatic heterocycles. The molecule has 0 aliphatic heterocycles. The van der Waals surface area contributed by atoms with Gasteiger partial charge < -0.3 is 11.1 Å². The van der Waals surface area contributed by atoms with Gasteiger partial charge in [0.2, 0.25) is 5.91 Å². The van der Waals surface area contributed by atoms with Crippen molar-refractivity contribution in [1.29, 1.82) is 0 Å². The number of hydrogen-bond donors (Lipinski definition) is 2. The zero-order valence-electron chi connectivity index (χ0n) is 8.63. The van der Waals surface area contributed by atoms with E-state index in [9.17, 15) is 9.59 Å². The van der Waals surface area contributed by atoms with Crippen LogP contribution in [0, 0.1) is 5.92 Å². The van der Waals surface area contributed by atoms with E-state index < -0.39 is 12.1 Å². The summed E-state index contributed by atoms with van der Waals surface area (Å²) in [4.78, 5) is 22.3. The third-order valence-electron chi connectivity index (χ3n) is 1.82. The molecule has 76 valence electrons. The zero-order chi connectivity index (χ0) is 10.6. The molecule has 2 unspecified atom stereocenters. The molecule has 0 bridgehead atoms. The second-order valence-corrected chi connectivity index (χ2v) is 3.63. The standard InChI is InChI=1S/C9H18N2O2/c1-5(2)8(7(4)12)11-9(13)6(3)10/h5-6,8H,10H2,1-4H3,(H,11,13). The Bertz CT molecular complexity index is 200. The van der Waals surface area contributed by atoms with E-state index in [-0.39, 0.29) is 17.6 Å².